The molecule has 40 heavy (non-hydrogen) atoms. The van der Waals surface area contributed by atoms with Crippen molar-refractivity contribution in [1.29, 1.82) is 0 Å². The number of aryl methyl sites for hydroxylation is 1. The fraction of sp³-hybridized carbons (Fsp3) is 0.148. The Labute approximate surface area is 233 Å². The Morgan fingerprint density at radius 2 is 2.00 bits per heavy atom. The van der Waals surface area contributed by atoms with Crippen LogP contribution >= 0.6 is 11.6 Å². The summed E-state index contributed by atoms with van der Waals surface area (Å²) in [5.41, 5.74) is 8.08. The number of hydrogen-bond acceptors (Lipinski definition) is 7. The highest BCUT2D eigenvalue weighted by Gasteiger charge is 2.36. The lowest BCUT2D eigenvalue weighted by molar-refractivity contribution is 0.103. The second kappa shape index (κ2) is 9.65. The molecule has 6 rings (SSSR count). The molecule has 1 saturated carbocycles. The first-order chi connectivity index (χ1) is 19.1. The number of fused-ring (bicyclic) bond motifs is 1. The summed E-state index contributed by atoms with van der Waals surface area (Å²) in [6.07, 6.45) is 3.97. The molecule has 13 heteroatoms. The van der Waals surface area contributed by atoms with Gasteiger partial charge in [-0.2, -0.15) is 5.10 Å². The van der Waals surface area contributed by atoms with E-state index in [0.29, 0.717) is 46.1 Å². The van der Waals surface area contributed by atoms with Gasteiger partial charge < -0.3 is 15.5 Å². The number of anilines is 2. The number of nitrogens with one attached hydrogen (secondary N) is 2. The maximum Gasteiger partial charge on any atom is 0.235 e. The summed E-state index contributed by atoms with van der Waals surface area (Å²) in [4.78, 5) is 20.6. The Bertz CT molecular complexity index is 1920. The van der Waals surface area contributed by atoms with Crippen LogP contribution in [0.15, 0.2) is 60.9 Å². The van der Waals surface area contributed by atoms with E-state index in [1.165, 1.54) is 35.3 Å². The Balaban J connectivity index is 1.26. The number of sulfonamides is 1. The zero-order valence-corrected chi connectivity index (χ0v) is 22.6. The van der Waals surface area contributed by atoms with Gasteiger partial charge in [-0.25, -0.2) is 22.5 Å². The van der Waals surface area contributed by atoms with Crippen LogP contribution in [-0.4, -0.2) is 39.2 Å². The van der Waals surface area contributed by atoms with Crippen LogP contribution in [0.4, 0.5) is 15.9 Å². The summed E-state index contributed by atoms with van der Waals surface area (Å²) in [6.45, 7) is 1.83. The number of nitrogens with zero attached hydrogens (tertiary/aromatic N) is 3. The first kappa shape index (κ1) is 25.8. The molecule has 1 aliphatic rings. The van der Waals surface area contributed by atoms with Gasteiger partial charge in [0.2, 0.25) is 21.7 Å². The van der Waals surface area contributed by atoms with Crippen LogP contribution < -0.4 is 15.2 Å². The van der Waals surface area contributed by atoms with E-state index in [0.717, 1.165) is 5.56 Å². The quantitative estimate of drug-likeness (QED) is 0.209. The smallest absolute Gasteiger partial charge is 0.235 e. The van der Waals surface area contributed by atoms with Crippen molar-refractivity contribution in [3.8, 4) is 17.3 Å². The van der Waals surface area contributed by atoms with E-state index in [9.17, 15) is 17.6 Å². The number of aromatic nitrogens is 4. The van der Waals surface area contributed by atoms with Crippen molar-refractivity contribution in [2.45, 2.75) is 25.0 Å². The number of pyridine rings is 1. The molecule has 0 amide bonds. The van der Waals surface area contributed by atoms with E-state index < -0.39 is 26.9 Å². The van der Waals surface area contributed by atoms with Gasteiger partial charge in [-0.1, -0.05) is 17.7 Å². The molecule has 0 bridgehead atoms. The van der Waals surface area contributed by atoms with E-state index in [2.05, 4.69) is 19.8 Å². The third-order valence-corrected chi connectivity index (χ3v) is 8.61. The van der Waals surface area contributed by atoms with Gasteiger partial charge in [-0.15, -0.1) is 0 Å². The number of nitrogens with two attached hydrogens (primary N) is 1. The first-order valence-electron chi connectivity index (χ1n) is 12.2. The predicted molar refractivity (Wildman–Crippen MR) is 149 cm³/mol. The average molecular weight is 581 g/mol. The number of ether oxygens (including phenoxy) is 1. The van der Waals surface area contributed by atoms with Gasteiger partial charge >= 0.3 is 0 Å². The van der Waals surface area contributed by atoms with E-state index >= 15 is 0 Å². The molecule has 0 atom stereocenters. The van der Waals surface area contributed by atoms with E-state index in [1.807, 2.05) is 6.92 Å². The highest BCUT2D eigenvalue weighted by molar-refractivity contribution is 7.93. The molecule has 204 valence electrons. The normalized spacial score (nSPS) is 13.5. The topological polar surface area (TPSA) is 145 Å². The number of nitrogen functional groups attached to an aromatic ring is 1. The highest BCUT2D eigenvalue weighted by atomic mass is 35.5. The molecule has 0 aliphatic heterocycles. The Kier molecular flexibility index (Phi) is 6.23. The minimum atomic E-state index is -3.65. The molecule has 10 nitrogen and oxygen atoms in total. The lowest BCUT2D eigenvalue weighted by Gasteiger charge is -2.10. The molecule has 0 spiro atoms. The summed E-state index contributed by atoms with van der Waals surface area (Å²) >= 11 is 6.01. The van der Waals surface area contributed by atoms with Crippen LogP contribution in [0.25, 0.3) is 16.6 Å². The van der Waals surface area contributed by atoms with E-state index in [4.69, 9.17) is 22.1 Å². The van der Waals surface area contributed by atoms with Gasteiger partial charge in [-0.05, 0) is 61.7 Å². The SMILES string of the molecule is Cc1cc(Oc2cccc(Cl)c2)ncc1-n1ncc(C(=O)c2cc3cc(F)c(NS(=O)(=O)C4CC4)cc3[nH]2)c1N. The number of rotatable bonds is 8. The molecule has 2 aromatic carbocycles. The number of aromatic amines is 1. The summed E-state index contributed by atoms with van der Waals surface area (Å²) in [6, 6.07) is 12.6. The van der Waals surface area contributed by atoms with Crippen LogP contribution in [0, 0.1) is 12.7 Å². The summed E-state index contributed by atoms with van der Waals surface area (Å²) in [7, 11) is -3.65. The zero-order chi connectivity index (χ0) is 28.2. The fourth-order valence-corrected chi connectivity index (χ4v) is 5.86. The molecule has 0 unspecified atom stereocenters. The van der Waals surface area contributed by atoms with Gasteiger partial charge in [-0.3, -0.25) is 9.52 Å². The Morgan fingerprint density at radius 1 is 1.20 bits per heavy atom. The number of ketones is 1. The van der Waals surface area contributed by atoms with Crippen molar-refractivity contribution in [2.75, 3.05) is 10.5 Å². The largest absolute Gasteiger partial charge is 0.439 e. The third kappa shape index (κ3) is 4.87. The monoisotopic (exact) mass is 580 g/mol. The fourth-order valence-electron chi connectivity index (χ4n) is 4.29. The third-order valence-electron chi connectivity index (χ3n) is 6.52. The molecular weight excluding hydrogens is 559 g/mol. The number of halogens is 2. The number of H-pyrrole nitrogens is 1. The minimum Gasteiger partial charge on any atom is -0.439 e. The summed E-state index contributed by atoms with van der Waals surface area (Å²) in [5, 5.41) is 4.71. The second-order valence-corrected chi connectivity index (χ2v) is 11.9. The van der Waals surface area contributed by atoms with Crippen LogP contribution in [0.5, 0.6) is 11.6 Å². The molecule has 5 aromatic rings. The lowest BCUT2D eigenvalue weighted by atomic mass is 10.1. The standard InChI is InChI=1S/C27H22ClFN6O4S/c1-14-7-25(39-17-4-2-3-16(28)10-17)31-13-24(14)35-27(30)19(12-32-35)26(36)23-9-15-8-20(29)22(11-21(15)33-23)34-40(37,38)18-5-6-18/h2-4,7-13,18,33-34H,5-6,30H2,1H3. The molecule has 1 fully saturated rings. The highest BCUT2D eigenvalue weighted by Crippen LogP contribution is 2.32. The minimum absolute atomic E-state index is 0.0844. The maximum absolute atomic E-state index is 14.6. The van der Waals surface area contributed by atoms with Crippen molar-refractivity contribution >= 4 is 49.8 Å². The molecule has 1 aliphatic carbocycles. The van der Waals surface area contributed by atoms with Gasteiger partial charge in [0.1, 0.15) is 17.4 Å². The first-order valence-corrected chi connectivity index (χ1v) is 14.1. The number of carbonyl (C=O) groups is 1. The Hall–Kier alpha value is -4.42. The zero-order valence-electron chi connectivity index (χ0n) is 21.0. The molecule has 4 N–H and O–H groups in total. The van der Waals surface area contributed by atoms with Crippen molar-refractivity contribution < 1.29 is 22.3 Å². The molecule has 0 saturated heterocycles. The van der Waals surface area contributed by atoms with Crippen molar-refractivity contribution in [1.82, 2.24) is 19.7 Å². The van der Waals surface area contributed by atoms with E-state index in [-0.39, 0.29) is 22.8 Å². The van der Waals surface area contributed by atoms with Crippen LogP contribution in [0.1, 0.15) is 34.5 Å². The number of carbonyl (C=O) groups excluding carboxylic acids is 1. The lowest BCUT2D eigenvalue weighted by Crippen LogP contribution is -2.18. The molecule has 3 aromatic heterocycles. The van der Waals surface area contributed by atoms with Gasteiger partial charge in [0.25, 0.3) is 0 Å². The molecular formula is C27H22ClFN6O4S. The van der Waals surface area contributed by atoms with Crippen molar-refractivity contribution in [3.63, 3.8) is 0 Å². The number of hydrogen-bond donors (Lipinski definition) is 3. The van der Waals surface area contributed by atoms with Crippen LogP contribution in [0.2, 0.25) is 5.02 Å². The van der Waals surface area contributed by atoms with Gasteiger partial charge in [0, 0.05) is 22.0 Å². The molecule has 0 radical (unpaired) electrons. The van der Waals surface area contributed by atoms with Gasteiger partial charge in [0.05, 0.1) is 40.3 Å². The number of benzene rings is 2. The summed E-state index contributed by atoms with van der Waals surface area (Å²) in [5.74, 6) is -0.250. The molecule has 3 heterocycles. The van der Waals surface area contributed by atoms with E-state index in [1.54, 1.807) is 30.3 Å². The Morgan fingerprint density at radius 3 is 2.73 bits per heavy atom. The van der Waals surface area contributed by atoms with Gasteiger partial charge in [0.15, 0.2) is 0 Å². The van der Waals surface area contributed by atoms with Crippen LogP contribution in [-0.2, 0) is 10.0 Å². The van der Waals surface area contributed by atoms with Crippen molar-refractivity contribution in [3.05, 3.63) is 88.6 Å². The second-order valence-electron chi connectivity index (χ2n) is 9.50. The average Bonchev–Trinajstić information content (AvgIpc) is 3.60. The predicted octanol–water partition coefficient (Wildman–Crippen LogP) is 5.36. The van der Waals surface area contributed by atoms with Crippen molar-refractivity contribution in [2.24, 2.45) is 0 Å². The van der Waals surface area contributed by atoms with Crippen LogP contribution in [0.3, 0.4) is 0 Å². The summed E-state index contributed by atoms with van der Waals surface area (Å²) < 4.78 is 48.6. The maximum atomic E-state index is 14.6.